The zero-order chi connectivity index (χ0) is 21.3. The molecule has 152 valence electrons. The summed E-state index contributed by atoms with van der Waals surface area (Å²) in [5.74, 6) is 0.734. The summed E-state index contributed by atoms with van der Waals surface area (Å²) in [4.78, 5) is 14.2. The lowest BCUT2D eigenvalue weighted by Crippen LogP contribution is -2.11. The van der Waals surface area contributed by atoms with Gasteiger partial charge in [-0.25, -0.2) is 13.6 Å². The van der Waals surface area contributed by atoms with E-state index in [1.54, 1.807) is 12.1 Å². The molecule has 30 heavy (non-hydrogen) atoms. The Labute approximate surface area is 178 Å². The minimum absolute atomic E-state index is 0.0296. The van der Waals surface area contributed by atoms with E-state index in [1.807, 2.05) is 55.5 Å². The van der Waals surface area contributed by atoms with Crippen LogP contribution in [0.25, 0.3) is 31.7 Å². The summed E-state index contributed by atoms with van der Waals surface area (Å²) < 4.78 is 29.6. The third-order valence-corrected chi connectivity index (χ3v) is 6.85. The molecule has 0 radical (unpaired) electrons. The van der Waals surface area contributed by atoms with Gasteiger partial charge in [-0.15, -0.1) is 11.3 Å². The number of primary sulfonamides is 1. The SMILES string of the molecule is CCOc1ccc(-c2c(-c3ccc(S(N)(=O)=O)cc3)sc3ccccc3c2=O)cc1. The first-order valence-electron chi connectivity index (χ1n) is 9.31. The fourth-order valence-corrected chi connectivity index (χ4v) is 5.01. The molecular formula is C23H19NO4S2. The van der Waals surface area contributed by atoms with Crippen LogP contribution in [-0.4, -0.2) is 15.0 Å². The molecule has 3 aromatic carbocycles. The number of rotatable bonds is 5. The summed E-state index contributed by atoms with van der Waals surface area (Å²) in [5, 5.41) is 5.87. The Morgan fingerprint density at radius 2 is 1.53 bits per heavy atom. The normalized spacial score (nSPS) is 11.5. The van der Waals surface area contributed by atoms with E-state index in [2.05, 4.69) is 0 Å². The number of ether oxygens (including phenoxy) is 1. The second-order valence-corrected chi connectivity index (χ2v) is 9.27. The highest BCUT2D eigenvalue weighted by Gasteiger charge is 2.17. The molecule has 1 heterocycles. The maximum atomic E-state index is 13.4. The van der Waals surface area contributed by atoms with Gasteiger partial charge in [-0.2, -0.15) is 0 Å². The van der Waals surface area contributed by atoms with Crippen LogP contribution in [0.2, 0.25) is 0 Å². The molecule has 1 aromatic heterocycles. The maximum Gasteiger partial charge on any atom is 0.238 e. The van der Waals surface area contributed by atoms with Gasteiger partial charge in [0.05, 0.1) is 11.5 Å². The molecule has 0 saturated heterocycles. The molecule has 4 aromatic rings. The molecule has 5 nitrogen and oxygen atoms in total. The summed E-state index contributed by atoms with van der Waals surface area (Å²) >= 11 is 1.49. The van der Waals surface area contributed by atoms with Crippen molar-refractivity contribution in [2.75, 3.05) is 6.61 Å². The highest BCUT2D eigenvalue weighted by molar-refractivity contribution is 7.89. The Balaban J connectivity index is 1.96. The summed E-state index contributed by atoms with van der Waals surface area (Å²) in [6.07, 6.45) is 0. The molecule has 0 amide bonds. The molecule has 2 N–H and O–H groups in total. The molecule has 0 aliphatic carbocycles. The molecule has 0 fully saturated rings. The molecule has 0 atom stereocenters. The first-order valence-corrected chi connectivity index (χ1v) is 11.7. The number of fused-ring (bicyclic) bond motifs is 1. The molecule has 0 aliphatic rings. The van der Waals surface area contributed by atoms with Gasteiger partial charge in [0.2, 0.25) is 10.0 Å². The maximum absolute atomic E-state index is 13.4. The smallest absolute Gasteiger partial charge is 0.238 e. The average molecular weight is 438 g/mol. The first kappa shape index (κ1) is 20.3. The van der Waals surface area contributed by atoms with Gasteiger partial charge in [0, 0.05) is 20.5 Å². The molecule has 0 aliphatic heterocycles. The van der Waals surface area contributed by atoms with Crippen molar-refractivity contribution in [2.24, 2.45) is 5.14 Å². The molecular weight excluding hydrogens is 418 g/mol. The van der Waals surface area contributed by atoms with E-state index in [4.69, 9.17) is 9.88 Å². The summed E-state index contributed by atoms with van der Waals surface area (Å²) in [7, 11) is -3.79. The van der Waals surface area contributed by atoms with Crippen molar-refractivity contribution in [2.45, 2.75) is 11.8 Å². The Hall–Kier alpha value is -3.00. The monoisotopic (exact) mass is 437 g/mol. The van der Waals surface area contributed by atoms with Crippen molar-refractivity contribution >= 4 is 31.4 Å². The van der Waals surface area contributed by atoms with Crippen molar-refractivity contribution in [3.63, 3.8) is 0 Å². The molecule has 0 saturated carbocycles. The Kier molecular flexibility index (Phi) is 5.42. The van der Waals surface area contributed by atoms with E-state index >= 15 is 0 Å². The lowest BCUT2D eigenvalue weighted by atomic mass is 10.0. The van der Waals surface area contributed by atoms with Crippen LogP contribution in [-0.2, 0) is 10.0 Å². The number of benzene rings is 3. The number of hydrogen-bond donors (Lipinski definition) is 1. The van der Waals surface area contributed by atoms with Crippen molar-refractivity contribution in [1.29, 1.82) is 0 Å². The van der Waals surface area contributed by atoms with Crippen LogP contribution in [0.3, 0.4) is 0 Å². The standard InChI is InChI=1S/C23H19NO4S2/c1-2-28-17-11-7-15(8-12-17)21-22(25)19-5-3-4-6-20(19)29-23(21)16-9-13-18(14-10-16)30(24,26)27/h3-14H,2H2,1H3,(H2,24,26,27). The number of nitrogens with two attached hydrogens (primary N) is 1. The van der Waals surface area contributed by atoms with Crippen LogP contribution in [0, 0.1) is 0 Å². The zero-order valence-corrected chi connectivity index (χ0v) is 17.8. The van der Waals surface area contributed by atoms with Crippen molar-refractivity contribution < 1.29 is 13.2 Å². The van der Waals surface area contributed by atoms with Gasteiger partial charge >= 0.3 is 0 Å². The molecule has 7 heteroatoms. The van der Waals surface area contributed by atoms with Gasteiger partial charge < -0.3 is 4.74 Å². The van der Waals surface area contributed by atoms with Crippen LogP contribution < -0.4 is 15.3 Å². The van der Waals surface area contributed by atoms with Gasteiger partial charge in [-0.3, -0.25) is 4.79 Å². The summed E-state index contributed by atoms with van der Waals surface area (Å²) in [6, 6.07) is 21.1. The van der Waals surface area contributed by atoms with Crippen molar-refractivity contribution in [3.8, 4) is 27.3 Å². The van der Waals surface area contributed by atoms with Gasteiger partial charge in [0.15, 0.2) is 5.43 Å². The van der Waals surface area contributed by atoms with E-state index < -0.39 is 10.0 Å². The van der Waals surface area contributed by atoms with Crippen LogP contribution in [0.5, 0.6) is 5.75 Å². The quantitative estimate of drug-likeness (QED) is 0.493. The predicted molar refractivity (Wildman–Crippen MR) is 122 cm³/mol. The first-order chi connectivity index (χ1) is 14.4. The van der Waals surface area contributed by atoms with Gasteiger partial charge in [-0.1, -0.05) is 36.4 Å². The topological polar surface area (TPSA) is 86.5 Å². The lowest BCUT2D eigenvalue weighted by Gasteiger charge is -2.12. The van der Waals surface area contributed by atoms with E-state index in [9.17, 15) is 13.2 Å². The van der Waals surface area contributed by atoms with Crippen LogP contribution in [0.4, 0.5) is 0 Å². The third-order valence-electron chi connectivity index (χ3n) is 4.70. The third kappa shape index (κ3) is 3.87. The number of hydrogen-bond acceptors (Lipinski definition) is 5. The minimum atomic E-state index is -3.79. The average Bonchev–Trinajstić information content (AvgIpc) is 2.74. The van der Waals surface area contributed by atoms with Crippen LogP contribution >= 0.6 is 11.3 Å². The van der Waals surface area contributed by atoms with Gasteiger partial charge in [0.1, 0.15) is 5.75 Å². The van der Waals surface area contributed by atoms with Gasteiger partial charge in [-0.05, 0) is 54.4 Å². The molecule has 4 rings (SSSR count). The summed E-state index contributed by atoms with van der Waals surface area (Å²) in [5.41, 5.74) is 2.03. The lowest BCUT2D eigenvalue weighted by molar-refractivity contribution is 0.340. The Morgan fingerprint density at radius 1 is 0.900 bits per heavy atom. The fourth-order valence-electron chi connectivity index (χ4n) is 3.29. The fraction of sp³-hybridized carbons (Fsp3) is 0.0870. The zero-order valence-electron chi connectivity index (χ0n) is 16.2. The highest BCUT2D eigenvalue weighted by Crippen LogP contribution is 2.37. The van der Waals surface area contributed by atoms with Crippen molar-refractivity contribution in [3.05, 3.63) is 83.0 Å². The Bertz CT molecular complexity index is 1370. The highest BCUT2D eigenvalue weighted by atomic mass is 32.2. The minimum Gasteiger partial charge on any atom is -0.494 e. The predicted octanol–water partition coefficient (Wildman–Crippen LogP) is 4.64. The van der Waals surface area contributed by atoms with Gasteiger partial charge in [0.25, 0.3) is 0 Å². The molecule has 0 spiro atoms. The largest absolute Gasteiger partial charge is 0.494 e. The van der Waals surface area contributed by atoms with Crippen LogP contribution in [0.15, 0.2) is 82.5 Å². The molecule has 0 unspecified atom stereocenters. The Morgan fingerprint density at radius 3 is 2.17 bits per heavy atom. The van der Waals surface area contributed by atoms with E-state index in [0.29, 0.717) is 17.6 Å². The number of sulfonamides is 1. The van der Waals surface area contributed by atoms with Crippen molar-refractivity contribution in [1.82, 2.24) is 0 Å². The van der Waals surface area contributed by atoms with E-state index in [1.165, 1.54) is 23.5 Å². The molecule has 0 bridgehead atoms. The summed E-state index contributed by atoms with van der Waals surface area (Å²) in [6.45, 7) is 2.48. The van der Waals surface area contributed by atoms with E-state index in [-0.39, 0.29) is 10.3 Å². The second-order valence-electron chi connectivity index (χ2n) is 6.66. The second kappa shape index (κ2) is 8.02. The van der Waals surface area contributed by atoms with E-state index in [0.717, 1.165) is 26.5 Å². The van der Waals surface area contributed by atoms with Crippen LogP contribution in [0.1, 0.15) is 6.92 Å².